The number of ether oxygens (including phenoxy) is 7. The second-order valence-corrected chi connectivity index (χ2v) is 38.7. The number of hydrogen-bond acceptors (Lipinski definition) is 28. The molecule has 3 aliphatic heterocycles. The number of piperazine rings is 2. The molecule has 6 N–H and O–H groups in total. The Labute approximate surface area is 890 Å². The Balaban J connectivity index is 0.000000269. The number of primary amides is 1. The molecule has 0 radical (unpaired) electrons. The molecule has 3 aliphatic rings. The predicted molar refractivity (Wildman–Crippen MR) is 533 cm³/mol. The summed E-state index contributed by atoms with van der Waals surface area (Å²) >= 11 is 48.3. The zero-order valence-electron chi connectivity index (χ0n) is 76.5. The third kappa shape index (κ3) is 42.5. The van der Waals surface area contributed by atoms with Gasteiger partial charge in [-0.25, -0.2) is 59.4 Å². The summed E-state index contributed by atoms with van der Waals surface area (Å²) in [6, 6.07) is 21.8. The minimum absolute atomic E-state index is 0.0226. The second kappa shape index (κ2) is 52.2. The second-order valence-electron chi connectivity index (χ2n) is 31.8. The number of halogens is 25. The SMILES string of the molecule is CC(=O)Nc1ccc(OC(F)(F)F)c(-c2cc3ncnc(N4CCN(C(=O)OC(C)(C)C)CC4)c3cc2Cl)n1.CC(=O)Nc1ccc(OC(F)(F)F)c(Cl)n1.CC(=O)Nc1ccc(OC(F)(F)F)c(Cl)n1.CC(C)(C)OC(=O)N1CCN(c2ncnc3cc(B4OC(C)(C)C(C)(C)O4)c(Cl)cc23)CC1.CC(N)=O.FC(F)(Br)Oc1ccc(I)nc1Cl.FC(F)(F)Oc1ccc(I)nc1Cl.Oc1ccc(I)nc1Cl. The Kier molecular flexibility index (Phi) is 44.6. The molecular formula is C83H82BBrCl7F14I3N18O16. The monoisotopic (exact) mass is 2570 g/mol. The molecule has 2 aromatic carbocycles. The number of anilines is 5. The minimum atomic E-state index is -4.98. The Morgan fingerprint density at radius 1 is 0.434 bits per heavy atom. The quantitative estimate of drug-likeness (QED) is 0.0235. The van der Waals surface area contributed by atoms with E-state index in [1.807, 2.05) is 149 Å². The van der Waals surface area contributed by atoms with Crippen molar-refractivity contribution < 1.29 is 138 Å². The molecule has 13 rings (SSSR count). The van der Waals surface area contributed by atoms with Gasteiger partial charge < -0.3 is 88.9 Å². The van der Waals surface area contributed by atoms with Crippen molar-refractivity contribution in [3.63, 3.8) is 0 Å². The lowest BCUT2D eigenvalue weighted by Crippen LogP contribution is -2.50. The number of nitrogens with zero attached hydrogens (tertiary/aromatic N) is 14. The lowest BCUT2D eigenvalue weighted by molar-refractivity contribution is -0.275. The van der Waals surface area contributed by atoms with Gasteiger partial charge in [-0.1, -0.05) is 81.2 Å². The standard InChI is InChI=1S/C25H26ClF3N6O4.C23H32BClN4O4.2C8H6ClF3N2O2.C6H2BrClF2INO.C6H2ClF3INO.C5H3ClINO.C2H5NO/c1-14(36)32-20-6-5-19(38-25(27,28)29)21(33-20)15-12-18-16(11-17(15)26)22(31-13-30-18)34-7-9-35(10-8-34)23(37)39-24(2,3)4;1-21(2,3)31-20(30)29-10-8-28(9-11-29)19-15-12-17(25)16(13-18(15)26-14-27-19)24-32-22(4,5)23(6,7)33-24;2*1-4(15)13-6-3-2-5(7(9)14-6)16-8(10,11)12;7-6(9,10)13-3-1-2-4(11)12-5(3)8;7-5-3(13-6(8,9)10)1-2-4(11)12-5;6-5-3(9)1-2-4(7)8-5;1-2(3)4/h5-6,11-13H,7-10H2,1-4H3,(H,32,33,36);12-14H,8-11H2,1-7H3;2*2-3H,1H3,(H,13,14,15);2*1-2H;1-2,9H;1H3,(H2,3,4). The summed E-state index contributed by atoms with van der Waals surface area (Å²) in [7, 11) is -0.567. The highest BCUT2D eigenvalue weighted by atomic mass is 127. The van der Waals surface area contributed by atoms with Gasteiger partial charge in [-0.05, 0) is 234 Å². The first-order valence-corrected chi connectivity index (χ1v) is 47.0. The summed E-state index contributed by atoms with van der Waals surface area (Å²) in [4.78, 5) is 114. The molecule has 6 amide bonds. The molecule has 8 aromatic heterocycles. The highest BCUT2D eigenvalue weighted by molar-refractivity contribution is 14.1. The first-order chi connectivity index (χ1) is 65.7. The summed E-state index contributed by atoms with van der Waals surface area (Å²) < 4.78 is 214. The molecular weight excluding hydrogens is 2490 g/mol. The van der Waals surface area contributed by atoms with Crippen LogP contribution in [0.2, 0.25) is 35.8 Å². The zero-order chi connectivity index (χ0) is 108. The molecule has 0 atom stereocenters. The van der Waals surface area contributed by atoms with Gasteiger partial charge in [0.05, 0.1) is 27.3 Å². The number of fused-ring (bicyclic) bond motifs is 2. The lowest BCUT2D eigenvalue weighted by atomic mass is 9.78. The third-order valence-corrected chi connectivity index (χ3v) is 21.5. The maximum absolute atomic E-state index is 13.1. The van der Waals surface area contributed by atoms with Crippen molar-refractivity contribution >= 4 is 264 Å². The van der Waals surface area contributed by atoms with Crippen LogP contribution in [-0.4, -0.2) is 213 Å². The maximum Gasteiger partial charge on any atom is 0.573 e. The van der Waals surface area contributed by atoms with Gasteiger partial charge in [0, 0.05) is 123 Å². The van der Waals surface area contributed by atoms with E-state index in [4.69, 9.17) is 105 Å². The predicted octanol–water partition coefficient (Wildman–Crippen LogP) is 22.5. The Morgan fingerprint density at radius 3 is 1.06 bits per heavy atom. The summed E-state index contributed by atoms with van der Waals surface area (Å²) in [6.45, 7) is 28.2. The van der Waals surface area contributed by atoms with E-state index in [2.05, 4.69) is 100 Å². The van der Waals surface area contributed by atoms with Gasteiger partial charge in [-0.15, -0.1) is 52.7 Å². The van der Waals surface area contributed by atoms with Crippen molar-refractivity contribution in [3.8, 4) is 45.8 Å². The number of amides is 6. The van der Waals surface area contributed by atoms with Crippen molar-refractivity contribution in [2.45, 2.75) is 150 Å². The molecule has 143 heavy (non-hydrogen) atoms. The number of alkyl halides is 15. The largest absolute Gasteiger partial charge is 0.573 e. The molecule has 11 heterocycles. The van der Waals surface area contributed by atoms with Crippen LogP contribution in [0.5, 0.6) is 34.5 Å². The number of pyridine rings is 6. The molecule has 10 aromatic rings. The number of carbonyl (C=O) groups is 6. The third-order valence-electron chi connectivity index (χ3n) is 17.5. The van der Waals surface area contributed by atoms with Crippen LogP contribution in [-0.2, 0) is 38.0 Å². The van der Waals surface area contributed by atoms with E-state index >= 15 is 0 Å². The van der Waals surface area contributed by atoms with Crippen LogP contribution in [0, 0.1) is 11.1 Å². The van der Waals surface area contributed by atoms with Gasteiger partial charge in [0.2, 0.25) is 23.6 Å². The van der Waals surface area contributed by atoms with E-state index in [0.29, 0.717) is 81.5 Å². The number of aromatic nitrogens is 10. The number of benzene rings is 2. The Hall–Kier alpha value is -9.46. The van der Waals surface area contributed by atoms with Crippen LogP contribution in [0.4, 0.5) is 100 Å². The molecule has 60 heteroatoms. The maximum atomic E-state index is 13.1. The number of nitrogens with two attached hydrogens (primary N) is 1. The fourth-order valence-corrected chi connectivity index (χ4v) is 14.6. The van der Waals surface area contributed by atoms with E-state index in [-0.39, 0.29) is 72.7 Å². The van der Waals surface area contributed by atoms with Crippen LogP contribution >= 0.6 is 165 Å². The first kappa shape index (κ1) is 122. The molecule has 3 saturated heterocycles. The average Bonchev–Trinajstić information content (AvgIpc) is 1.70. The molecule has 0 aliphatic carbocycles. The minimum Gasteiger partial charge on any atom is -0.505 e. The van der Waals surface area contributed by atoms with Crippen molar-refractivity contribution in [2.24, 2.45) is 5.73 Å². The van der Waals surface area contributed by atoms with E-state index in [0.717, 1.165) is 62.3 Å². The van der Waals surface area contributed by atoms with Crippen LogP contribution in [0.25, 0.3) is 33.1 Å². The Bertz CT molecular complexity index is 5990. The van der Waals surface area contributed by atoms with Crippen LogP contribution in [0.1, 0.15) is 96.9 Å². The number of aromatic hydroxyl groups is 1. The molecule has 778 valence electrons. The fraction of sp³-hybridized carbons (Fsp3) is 0.373. The molecule has 3 fully saturated rings. The van der Waals surface area contributed by atoms with Crippen LogP contribution in [0.15, 0.2) is 110 Å². The number of rotatable bonds is 13. The van der Waals surface area contributed by atoms with Crippen LogP contribution < -0.4 is 60.6 Å². The van der Waals surface area contributed by atoms with Gasteiger partial charge in [-0.2, -0.15) is 8.78 Å². The highest BCUT2D eigenvalue weighted by Gasteiger charge is 2.53. The van der Waals surface area contributed by atoms with Crippen molar-refractivity contribution in [1.29, 1.82) is 0 Å². The highest BCUT2D eigenvalue weighted by Crippen LogP contribution is 2.43. The number of nitrogens with one attached hydrogen (secondary N) is 3. The van der Waals surface area contributed by atoms with Gasteiger partial charge in [0.15, 0.2) is 60.3 Å². The molecule has 0 unspecified atom stereocenters. The van der Waals surface area contributed by atoms with Gasteiger partial charge in [-0.3, -0.25) is 19.2 Å². The number of carbonyl (C=O) groups excluding carboxylic acids is 6. The molecule has 0 saturated carbocycles. The summed E-state index contributed by atoms with van der Waals surface area (Å²) in [5.74, 6) is -2.59. The Morgan fingerprint density at radius 2 is 0.741 bits per heavy atom. The van der Waals surface area contributed by atoms with Crippen molar-refractivity contribution in [3.05, 3.63) is 157 Å². The summed E-state index contributed by atoms with van der Waals surface area (Å²) in [5.41, 5.74) is 4.26. The topological polar surface area (TPSA) is 410 Å². The number of hydrogen-bond donors (Lipinski definition) is 5. The van der Waals surface area contributed by atoms with Gasteiger partial charge >= 0.3 is 49.8 Å². The fourth-order valence-electron chi connectivity index (χ4n) is 11.3. The van der Waals surface area contributed by atoms with Crippen molar-refractivity contribution in [2.75, 3.05) is 78.1 Å². The zero-order valence-corrected chi connectivity index (χ0v) is 89.8. The van der Waals surface area contributed by atoms with Crippen molar-refractivity contribution in [1.82, 2.24) is 59.6 Å². The molecule has 34 nitrogen and oxygen atoms in total. The average molecular weight is 2570 g/mol. The lowest BCUT2D eigenvalue weighted by Gasteiger charge is -2.36. The normalized spacial score (nSPS) is 14.0. The molecule has 0 spiro atoms. The summed E-state index contributed by atoms with van der Waals surface area (Å²) in [6.07, 6.45) is -17.2. The smallest absolute Gasteiger partial charge is 0.505 e. The van der Waals surface area contributed by atoms with E-state index in [1.165, 1.54) is 70.4 Å². The van der Waals surface area contributed by atoms with Gasteiger partial charge in [0.25, 0.3) is 0 Å². The van der Waals surface area contributed by atoms with E-state index < -0.39 is 117 Å². The molecule has 0 bridgehead atoms. The van der Waals surface area contributed by atoms with Gasteiger partial charge in [0.1, 0.15) is 69.7 Å². The summed E-state index contributed by atoms with van der Waals surface area (Å²) in [5, 5.41) is 13.2. The first-order valence-electron chi connectivity index (χ1n) is 40.3. The van der Waals surface area contributed by atoms with E-state index in [1.54, 1.807) is 49.0 Å². The van der Waals surface area contributed by atoms with Crippen LogP contribution in [0.3, 0.4) is 0 Å². The van der Waals surface area contributed by atoms with E-state index in [9.17, 15) is 90.2 Å².